The van der Waals surface area contributed by atoms with Gasteiger partial charge in [-0.2, -0.15) is 4.98 Å². The molecule has 0 spiro atoms. The summed E-state index contributed by atoms with van der Waals surface area (Å²) in [5.41, 5.74) is 0.212. The number of aromatic nitrogens is 1. The van der Waals surface area contributed by atoms with Gasteiger partial charge in [0.1, 0.15) is 10.8 Å². The number of ether oxygens (including phenoxy) is 2. The van der Waals surface area contributed by atoms with E-state index in [0.29, 0.717) is 29.8 Å². The van der Waals surface area contributed by atoms with Crippen molar-refractivity contribution < 1.29 is 14.3 Å². The molecule has 1 rings (SSSR count). The Balaban J connectivity index is 2.36. The molecule has 0 saturated carbocycles. The van der Waals surface area contributed by atoms with Crippen molar-refractivity contribution in [1.29, 1.82) is 0 Å². The molecule has 0 aliphatic rings. The standard InChI is InChI=1S/C13H20ClN3O3/c1-13(2,3)20-12(18)16-8-7-15-9-5-6-10(14)17-11(9)19-4/h5-6,15H,7-8H2,1-4H3,(H,16,18). The van der Waals surface area contributed by atoms with Crippen LogP contribution in [-0.2, 0) is 4.74 Å². The van der Waals surface area contributed by atoms with Crippen LogP contribution in [0.2, 0.25) is 5.15 Å². The van der Waals surface area contributed by atoms with Crippen molar-refractivity contribution in [3.05, 3.63) is 17.3 Å². The second kappa shape index (κ2) is 7.19. The van der Waals surface area contributed by atoms with Gasteiger partial charge in [0.25, 0.3) is 0 Å². The van der Waals surface area contributed by atoms with Crippen molar-refractivity contribution >= 4 is 23.4 Å². The Morgan fingerprint density at radius 3 is 2.65 bits per heavy atom. The van der Waals surface area contributed by atoms with Gasteiger partial charge >= 0.3 is 6.09 Å². The fourth-order valence-electron chi connectivity index (χ4n) is 1.38. The van der Waals surface area contributed by atoms with Crippen molar-refractivity contribution in [2.45, 2.75) is 26.4 Å². The maximum atomic E-state index is 11.4. The number of hydrogen-bond acceptors (Lipinski definition) is 5. The van der Waals surface area contributed by atoms with Crippen molar-refractivity contribution in [3.8, 4) is 5.88 Å². The Labute approximate surface area is 123 Å². The highest BCUT2D eigenvalue weighted by Gasteiger charge is 2.15. The average Bonchev–Trinajstić information content (AvgIpc) is 2.33. The lowest BCUT2D eigenvalue weighted by atomic mass is 10.2. The third-order valence-electron chi connectivity index (χ3n) is 2.13. The lowest BCUT2D eigenvalue weighted by Gasteiger charge is -2.19. The maximum Gasteiger partial charge on any atom is 0.407 e. The molecule has 0 unspecified atom stereocenters. The van der Waals surface area contributed by atoms with Crippen molar-refractivity contribution in [1.82, 2.24) is 10.3 Å². The fraction of sp³-hybridized carbons (Fsp3) is 0.538. The summed E-state index contributed by atoms with van der Waals surface area (Å²) in [5.74, 6) is 0.412. The molecule has 0 radical (unpaired) electrons. The SMILES string of the molecule is COc1nc(Cl)ccc1NCCNC(=O)OC(C)(C)C. The maximum absolute atomic E-state index is 11.4. The minimum atomic E-state index is -0.499. The number of hydrogen-bond donors (Lipinski definition) is 2. The molecule has 0 aliphatic carbocycles. The zero-order valence-electron chi connectivity index (χ0n) is 12.1. The van der Waals surface area contributed by atoms with E-state index in [9.17, 15) is 4.79 Å². The number of alkyl carbamates (subject to hydrolysis) is 1. The number of amides is 1. The topological polar surface area (TPSA) is 72.5 Å². The minimum Gasteiger partial charge on any atom is -0.479 e. The molecule has 0 atom stereocenters. The monoisotopic (exact) mass is 301 g/mol. The highest BCUT2D eigenvalue weighted by molar-refractivity contribution is 6.29. The first-order chi connectivity index (χ1) is 9.31. The van der Waals surface area contributed by atoms with Gasteiger partial charge in [-0.05, 0) is 32.9 Å². The molecule has 20 heavy (non-hydrogen) atoms. The highest BCUT2D eigenvalue weighted by Crippen LogP contribution is 2.23. The van der Waals surface area contributed by atoms with Crippen LogP contribution in [0.1, 0.15) is 20.8 Å². The summed E-state index contributed by atoms with van der Waals surface area (Å²) in [4.78, 5) is 15.4. The molecule has 6 nitrogen and oxygen atoms in total. The Kier molecular flexibility index (Phi) is 5.88. The number of carbonyl (C=O) groups is 1. The van der Waals surface area contributed by atoms with Crippen LogP contribution in [0.5, 0.6) is 5.88 Å². The van der Waals surface area contributed by atoms with E-state index in [1.165, 1.54) is 7.11 Å². The Hall–Kier alpha value is -1.69. The lowest BCUT2D eigenvalue weighted by Crippen LogP contribution is -2.35. The van der Waals surface area contributed by atoms with Crippen LogP contribution < -0.4 is 15.4 Å². The number of halogens is 1. The molecule has 1 amide bonds. The van der Waals surface area contributed by atoms with Gasteiger partial charge in [-0.3, -0.25) is 0 Å². The quantitative estimate of drug-likeness (QED) is 0.646. The molecule has 7 heteroatoms. The summed E-state index contributed by atoms with van der Waals surface area (Å²) >= 11 is 5.77. The van der Waals surface area contributed by atoms with Crippen LogP contribution >= 0.6 is 11.6 Å². The normalized spacial score (nSPS) is 10.8. The third kappa shape index (κ3) is 5.97. The predicted molar refractivity (Wildman–Crippen MR) is 78.5 cm³/mol. The van der Waals surface area contributed by atoms with Gasteiger partial charge < -0.3 is 20.1 Å². The highest BCUT2D eigenvalue weighted by atomic mass is 35.5. The van der Waals surface area contributed by atoms with Crippen LogP contribution in [-0.4, -0.2) is 36.9 Å². The average molecular weight is 302 g/mol. The molecule has 2 N–H and O–H groups in total. The first-order valence-electron chi connectivity index (χ1n) is 6.23. The second-order valence-electron chi connectivity index (χ2n) is 5.05. The molecule has 1 heterocycles. The molecule has 0 fully saturated rings. The van der Waals surface area contributed by atoms with E-state index in [1.807, 2.05) is 20.8 Å². The van der Waals surface area contributed by atoms with Gasteiger partial charge in [-0.1, -0.05) is 11.6 Å². The molecule has 1 aromatic heterocycles. The molecular formula is C13H20ClN3O3. The molecule has 112 valence electrons. The fourth-order valence-corrected chi connectivity index (χ4v) is 1.52. The molecule has 1 aromatic rings. The molecule has 0 aliphatic heterocycles. The van der Waals surface area contributed by atoms with Gasteiger partial charge in [0.2, 0.25) is 5.88 Å². The lowest BCUT2D eigenvalue weighted by molar-refractivity contribution is 0.0530. The van der Waals surface area contributed by atoms with Crippen molar-refractivity contribution in [2.24, 2.45) is 0 Å². The van der Waals surface area contributed by atoms with E-state index in [4.69, 9.17) is 21.1 Å². The Bertz CT molecular complexity index is 461. The summed E-state index contributed by atoms with van der Waals surface area (Å²) in [6.07, 6.45) is -0.444. The zero-order valence-corrected chi connectivity index (χ0v) is 12.9. The number of nitrogens with zero attached hydrogens (tertiary/aromatic N) is 1. The number of anilines is 1. The van der Waals surface area contributed by atoms with Crippen LogP contribution in [0.3, 0.4) is 0 Å². The van der Waals surface area contributed by atoms with Crippen LogP contribution in [0.4, 0.5) is 10.5 Å². The van der Waals surface area contributed by atoms with E-state index >= 15 is 0 Å². The molecular weight excluding hydrogens is 282 g/mol. The summed E-state index contributed by atoms with van der Waals surface area (Å²) in [7, 11) is 1.52. The zero-order chi connectivity index (χ0) is 15.2. The van der Waals surface area contributed by atoms with Gasteiger partial charge in [-0.15, -0.1) is 0 Å². The number of rotatable bonds is 5. The predicted octanol–water partition coefficient (Wildman–Crippen LogP) is 2.68. The Morgan fingerprint density at radius 1 is 1.35 bits per heavy atom. The first kappa shape index (κ1) is 16.4. The summed E-state index contributed by atoms with van der Waals surface area (Å²) in [5, 5.41) is 6.10. The summed E-state index contributed by atoms with van der Waals surface area (Å²) in [6.45, 7) is 6.37. The largest absolute Gasteiger partial charge is 0.479 e. The van der Waals surface area contributed by atoms with Gasteiger partial charge in [0.05, 0.1) is 12.8 Å². The van der Waals surface area contributed by atoms with E-state index in [2.05, 4.69) is 15.6 Å². The van der Waals surface area contributed by atoms with Gasteiger partial charge in [-0.25, -0.2) is 4.79 Å². The van der Waals surface area contributed by atoms with Crippen molar-refractivity contribution in [3.63, 3.8) is 0 Å². The summed E-state index contributed by atoms with van der Waals surface area (Å²) in [6, 6.07) is 3.43. The van der Waals surface area contributed by atoms with Crippen molar-refractivity contribution in [2.75, 3.05) is 25.5 Å². The van der Waals surface area contributed by atoms with E-state index in [-0.39, 0.29) is 0 Å². The van der Waals surface area contributed by atoms with Crippen LogP contribution in [0.15, 0.2) is 12.1 Å². The minimum absolute atomic E-state index is 0.360. The molecule has 0 bridgehead atoms. The van der Waals surface area contributed by atoms with Gasteiger partial charge in [0.15, 0.2) is 0 Å². The number of pyridine rings is 1. The first-order valence-corrected chi connectivity index (χ1v) is 6.61. The van der Waals surface area contributed by atoms with Gasteiger partial charge in [0, 0.05) is 13.1 Å². The number of carbonyl (C=O) groups excluding carboxylic acids is 1. The van der Waals surface area contributed by atoms with Crippen LogP contribution in [0, 0.1) is 0 Å². The third-order valence-corrected chi connectivity index (χ3v) is 2.34. The molecule has 0 saturated heterocycles. The summed E-state index contributed by atoms with van der Waals surface area (Å²) < 4.78 is 10.2. The van der Waals surface area contributed by atoms with Crippen LogP contribution in [0.25, 0.3) is 0 Å². The van der Waals surface area contributed by atoms with E-state index in [0.717, 1.165) is 0 Å². The van der Waals surface area contributed by atoms with E-state index in [1.54, 1.807) is 12.1 Å². The smallest absolute Gasteiger partial charge is 0.407 e. The Morgan fingerprint density at radius 2 is 2.05 bits per heavy atom. The van der Waals surface area contributed by atoms with E-state index < -0.39 is 11.7 Å². The second-order valence-corrected chi connectivity index (χ2v) is 5.43. The molecule has 0 aromatic carbocycles. The number of methoxy groups -OCH3 is 1. The number of nitrogens with one attached hydrogen (secondary N) is 2.